The molecule has 1 aliphatic heterocycles. The fourth-order valence-corrected chi connectivity index (χ4v) is 2.35. The molecule has 0 fully saturated rings. The Kier molecular flexibility index (Phi) is 3.38. The van der Waals surface area contributed by atoms with Crippen LogP contribution >= 0.6 is 0 Å². The summed E-state index contributed by atoms with van der Waals surface area (Å²) in [5.74, 6) is 1.99. The minimum Gasteiger partial charge on any atom is -0.454 e. The molecular weight excluding hydrogens is 310 g/mol. The van der Waals surface area contributed by atoms with Gasteiger partial charge in [0.1, 0.15) is 0 Å². The Morgan fingerprint density at radius 1 is 1.04 bits per heavy atom. The summed E-state index contributed by atoms with van der Waals surface area (Å²) in [7, 11) is 0. The zero-order valence-corrected chi connectivity index (χ0v) is 12.8. The molecular formula is C17H13N3O4. The van der Waals surface area contributed by atoms with Crippen LogP contribution in [0.5, 0.6) is 11.5 Å². The quantitative estimate of drug-likeness (QED) is 0.797. The summed E-state index contributed by atoms with van der Waals surface area (Å²) in [6, 6.07) is 12.2. The van der Waals surface area contributed by atoms with Gasteiger partial charge in [-0.2, -0.15) is 0 Å². The van der Waals surface area contributed by atoms with Gasteiger partial charge in [0, 0.05) is 29.8 Å². The minimum absolute atomic E-state index is 0.198. The van der Waals surface area contributed by atoms with Crippen LogP contribution in [0.15, 0.2) is 46.9 Å². The fraction of sp³-hybridized carbons (Fsp3) is 0.118. The number of hydrogen-bond acceptors (Lipinski definition) is 6. The van der Waals surface area contributed by atoms with Crippen molar-refractivity contribution >= 4 is 11.6 Å². The first-order chi connectivity index (χ1) is 11.7. The number of fused-ring (bicyclic) bond motifs is 1. The van der Waals surface area contributed by atoms with Gasteiger partial charge in [0.05, 0.1) is 0 Å². The van der Waals surface area contributed by atoms with E-state index in [-0.39, 0.29) is 12.7 Å². The van der Waals surface area contributed by atoms with Crippen molar-refractivity contribution in [2.24, 2.45) is 0 Å². The number of amides is 1. The molecule has 0 atom stereocenters. The van der Waals surface area contributed by atoms with Gasteiger partial charge in [0.2, 0.25) is 18.6 Å². The van der Waals surface area contributed by atoms with Gasteiger partial charge in [-0.25, -0.2) is 0 Å². The molecule has 7 heteroatoms. The third kappa shape index (κ3) is 2.67. The number of hydrogen-bond donors (Lipinski definition) is 1. The molecule has 120 valence electrons. The third-order valence-electron chi connectivity index (χ3n) is 3.55. The molecule has 1 N–H and O–H groups in total. The number of rotatable bonds is 3. The number of nitrogens with zero attached hydrogens (tertiary/aromatic N) is 2. The molecule has 0 saturated heterocycles. The zero-order valence-electron chi connectivity index (χ0n) is 12.8. The molecule has 1 aromatic heterocycles. The average Bonchev–Trinajstić information content (AvgIpc) is 3.23. The van der Waals surface area contributed by atoms with Gasteiger partial charge in [0.25, 0.3) is 5.91 Å². The molecule has 0 bridgehead atoms. The Balaban J connectivity index is 1.50. The molecule has 0 aliphatic carbocycles. The van der Waals surface area contributed by atoms with Crippen molar-refractivity contribution < 1.29 is 18.7 Å². The van der Waals surface area contributed by atoms with E-state index in [1.807, 2.05) is 0 Å². The van der Waals surface area contributed by atoms with Crippen LogP contribution in [0.25, 0.3) is 11.5 Å². The molecule has 0 unspecified atom stereocenters. The van der Waals surface area contributed by atoms with E-state index in [0.717, 1.165) is 5.56 Å². The highest BCUT2D eigenvalue weighted by Gasteiger charge is 2.15. The first kappa shape index (κ1) is 14.3. The number of nitrogens with one attached hydrogen (secondary N) is 1. The van der Waals surface area contributed by atoms with Gasteiger partial charge in [0.15, 0.2) is 11.5 Å². The van der Waals surface area contributed by atoms with Crippen molar-refractivity contribution in [3.8, 4) is 23.0 Å². The van der Waals surface area contributed by atoms with Gasteiger partial charge >= 0.3 is 0 Å². The molecule has 1 amide bonds. The summed E-state index contributed by atoms with van der Waals surface area (Å²) in [4.78, 5) is 12.3. The Morgan fingerprint density at radius 2 is 1.83 bits per heavy atom. The molecule has 7 nitrogen and oxygen atoms in total. The molecule has 0 radical (unpaired) electrons. The lowest BCUT2D eigenvalue weighted by molar-refractivity contribution is 0.102. The zero-order chi connectivity index (χ0) is 16.5. The van der Waals surface area contributed by atoms with Crippen LogP contribution in [-0.4, -0.2) is 22.9 Å². The van der Waals surface area contributed by atoms with E-state index in [1.165, 1.54) is 0 Å². The fourth-order valence-electron chi connectivity index (χ4n) is 2.35. The third-order valence-corrected chi connectivity index (χ3v) is 3.55. The summed E-state index contributed by atoms with van der Waals surface area (Å²) in [6.45, 7) is 1.92. The smallest absolute Gasteiger partial charge is 0.255 e. The predicted octanol–water partition coefficient (Wildman–Crippen LogP) is 3.03. The normalized spacial score (nSPS) is 12.2. The molecule has 3 aromatic rings. The topological polar surface area (TPSA) is 86.5 Å². The molecule has 4 rings (SSSR count). The first-order valence-electron chi connectivity index (χ1n) is 7.30. The van der Waals surface area contributed by atoms with E-state index >= 15 is 0 Å². The molecule has 24 heavy (non-hydrogen) atoms. The SMILES string of the molecule is Cc1nnc(-c2ccc(C(=O)Nc3ccc4c(c3)OCO4)cc2)o1. The van der Waals surface area contributed by atoms with Crippen molar-refractivity contribution in [3.63, 3.8) is 0 Å². The van der Waals surface area contributed by atoms with Gasteiger partial charge in [-0.05, 0) is 36.4 Å². The second-order valence-corrected chi connectivity index (χ2v) is 5.23. The van der Waals surface area contributed by atoms with Crippen LogP contribution in [0.1, 0.15) is 16.2 Å². The number of carbonyl (C=O) groups is 1. The predicted molar refractivity (Wildman–Crippen MR) is 85.0 cm³/mol. The molecule has 2 aromatic carbocycles. The van der Waals surface area contributed by atoms with Crippen molar-refractivity contribution in [3.05, 3.63) is 53.9 Å². The molecule has 0 saturated carbocycles. The first-order valence-corrected chi connectivity index (χ1v) is 7.30. The summed E-state index contributed by atoms with van der Waals surface area (Å²) in [5, 5.41) is 10.6. The van der Waals surface area contributed by atoms with Crippen LogP contribution in [0, 0.1) is 6.92 Å². The second kappa shape index (κ2) is 5.69. The van der Waals surface area contributed by atoms with Gasteiger partial charge in [-0.15, -0.1) is 10.2 Å². The second-order valence-electron chi connectivity index (χ2n) is 5.23. The summed E-state index contributed by atoms with van der Waals surface area (Å²) in [5.41, 5.74) is 1.92. The summed E-state index contributed by atoms with van der Waals surface area (Å²) < 4.78 is 15.9. The monoisotopic (exact) mass is 323 g/mol. The Hall–Kier alpha value is -3.35. The number of aromatic nitrogens is 2. The lowest BCUT2D eigenvalue weighted by Gasteiger charge is -2.06. The number of carbonyl (C=O) groups excluding carboxylic acids is 1. The van der Waals surface area contributed by atoms with Crippen molar-refractivity contribution in [1.29, 1.82) is 0 Å². The summed E-state index contributed by atoms with van der Waals surface area (Å²) in [6.07, 6.45) is 0. The van der Waals surface area contributed by atoms with Crippen molar-refractivity contribution in [1.82, 2.24) is 10.2 Å². The van der Waals surface area contributed by atoms with Gasteiger partial charge < -0.3 is 19.2 Å². The highest BCUT2D eigenvalue weighted by atomic mass is 16.7. The maximum absolute atomic E-state index is 12.3. The number of anilines is 1. The van der Waals surface area contributed by atoms with E-state index in [1.54, 1.807) is 49.4 Å². The largest absolute Gasteiger partial charge is 0.454 e. The highest BCUT2D eigenvalue weighted by Crippen LogP contribution is 2.34. The molecule has 0 spiro atoms. The Morgan fingerprint density at radius 3 is 2.58 bits per heavy atom. The van der Waals surface area contributed by atoms with Crippen molar-refractivity contribution in [2.75, 3.05) is 12.1 Å². The summed E-state index contributed by atoms with van der Waals surface area (Å²) >= 11 is 0. The lowest BCUT2D eigenvalue weighted by atomic mass is 10.1. The maximum Gasteiger partial charge on any atom is 0.255 e. The van der Waals surface area contributed by atoms with Gasteiger partial charge in [-0.1, -0.05) is 0 Å². The van der Waals surface area contributed by atoms with Crippen LogP contribution in [0.2, 0.25) is 0 Å². The molecule has 1 aliphatic rings. The van der Waals surface area contributed by atoms with Crippen LogP contribution in [-0.2, 0) is 0 Å². The van der Waals surface area contributed by atoms with E-state index in [2.05, 4.69) is 15.5 Å². The molecule has 2 heterocycles. The van der Waals surface area contributed by atoms with Crippen molar-refractivity contribution in [2.45, 2.75) is 6.92 Å². The Bertz CT molecular complexity index is 902. The van der Waals surface area contributed by atoms with Crippen LogP contribution < -0.4 is 14.8 Å². The van der Waals surface area contributed by atoms with E-state index < -0.39 is 0 Å². The van der Waals surface area contributed by atoms with E-state index in [0.29, 0.717) is 34.5 Å². The highest BCUT2D eigenvalue weighted by molar-refractivity contribution is 6.04. The van der Waals surface area contributed by atoms with Gasteiger partial charge in [-0.3, -0.25) is 4.79 Å². The Labute approximate surface area is 137 Å². The number of aryl methyl sites for hydroxylation is 1. The standard InChI is InChI=1S/C17H13N3O4/c1-10-19-20-17(24-10)12-4-2-11(3-5-12)16(21)18-13-6-7-14-15(8-13)23-9-22-14/h2-8H,9H2,1H3,(H,18,21). The van der Waals surface area contributed by atoms with E-state index in [9.17, 15) is 4.79 Å². The average molecular weight is 323 g/mol. The van der Waals surface area contributed by atoms with Crippen LogP contribution in [0.3, 0.4) is 0 Å². The lowest BCUT2D eigenvalue weighted by Crippen LogP contribution is -2.11. The number of benzene rings is 2. The van der Waals surface area contributed by atoms with Crippen LogP contribution in [0.4, 0.5) is 5.69 Å². The number of ether oxygens (including phenoxy) is 2. The maximum atomic E-state index is 12.3. The van der Waals surface area contributed by atoms with E-state index in [4.69, 9.17) is 13.9 Å². The minimum atomic E-state index is -0.220.